The zero-order chi connectivity index (χ0) is 23.3. The maximum atomic E-state index is 5.28. The predicted molar refractivity (Wildman–Crippen MR) is 135 cm³/mol. The van der Waals surface area contributed by atoms with E-state index in [1.807, 2.05) is 4.52 Å². The standard InChI is InChI=1S/C27H36N6/c1-7-32(6)20-10-8-19(9-11-20)22-12-13-23-26(30-22)24(16(2)3)25(31-23)21-14-33-27(28-15-29-33)18(5)17(21)4/h12-16,19-20,31H,7-11H2,1-6H3. The number of aromatic amines is 1. The molecule has 1 N–H and O–H groups in total. The van der Waals surface area contributed by atoms with Crippen LogP contribution in [0.15, 0.2) is 24.7 Å². The first kappa shape index (κ1) is 22.1. The Kier molecular flexibility index (Phi) is 5.73. The predicted octanol–water partition coefficient (Wildman–Crippen LogP) is 5.99. The van der Waals surface area contributed by atoms with Gasteiger partial charge in [0.2, 0.25) is 0 Å². The molecule has 0 amide bonds. The van der Waals surface area contributed by atoms with Crippen molar-refractivity contribution in [2.75, 3.05) is 13.6 Å². The van der Waals surface area contributed by atoms with Crippen molar-refractivity contribution >= 4 is 16.7 Å². The molecular weight excluding hydrogens is 408 g/mol. The molecule has 0 spiro atoms. The topological polar surface area (TPSA) is 62.1 Å². The Morgan fingerprint density at radius 1 is 1.12 bits per heavy atom. The van der Waals surface area contributed by atoms with Crippen LogP contribution in [0.25, 0.3) is 27.9 Å². The summed E-state index contributed by atoms with van der Waals surface area (Å²) in [5.74, 6) is 0.918. The highest BCUT2D eigenvalue weighted by Crippen LogP contribution is 2.39. The molecule has 0 aliphatic heterocycles. The van der Waals surface area contributed by atoms with E-state index in [9.17, 15) is 0 Å². The van der Waals surface area contributed by atoms with E-state index >= 15 is 0 Å². The van der Waals surface area contributed by atoms with Crippen LogP contribution in [0, 0.1) is 13.8 Å². The van der Waals surface area contributed by atoms with E-state index in [1.54, 1.807) is 6.33 Å². The van der Waals surface area contributed by atoms with Crippen LogP contribution in [-0.4, -0.2) is 49.1 Å². The molecule has 6 nitrogen and oxygen atoms in total. The van der Waals surface area contributed by atoms with Crippen molar-refractivity contribution in [3.8, 4) is 11.3 Å². The third-order valence-corrected chi connectivity index (χ3v) is 7.91. The second kappa shape index (κ2) is 8.56. The Morgan fingerprint density at radius 2 is 1.88 bits per heavy atom. The van der Waals surface area contributed by atoms with Crippen molar-refractivity contribution < 1.29 is 0 Å². The van der Waals surface area contributed by atoms with Gasteiger partial charge >= 0.3 is 0 Å². The summed E-state index contributed by atoms with van der Waals surface area (Å²) in [7, 11) is 2.26. The molecular formula is C27H36N6. The molecule has 0 unspecified atom stereocenters. The lowest BCUT2D eigenvalue weighted by Gasteiger charge is -2.34. The Labute approximate surface area is 196 Å². The van der Waals surface area contributed by atoms with Crippen molar-refractivity contribution in [2.45, 2.75) is 78.2 Å². The summed E-state index contributed by atoms with van der Waals surface area (Å²) in [5.41, 5.74) is 10.5. The van der Waals surface area contributed by atoms with E-state index in [4.69, 9.17) is 4.98 Å². The molecule has 4 aromatic heterocycles. The van der Waals surface area contributed by atoms with Crippen molar-refractivity contribution in [3.05, 3.63) is 47.0 Å². The molecule has 4 aromatic rings. The zero-order valence-electron chi connectivity index (χ0n) is 20.8. The molecule has 6 heteroatoms. The van der Waals surface area contributed by atoms with Gasteiger partial charge in [0.1, 0.15) is 6.33 Å². The fourth-order valence-corrected chi connectivity index (χ4v) is 5.63. The lowest BCUT2D eigenvalue weighted by Crippen LogP contribution is -2.34. The number of hydrogen-bond donors (Lipinski definition) is 1. The van der Waals surface area contributed by atoms with Gasteiger partial charge in [-0.2, -0.15) is 5.10 Å². The first-order valence-electron chi connectivity index (χ1n) is 12.4. The second-order valence-electron chi connectivity index (χ2n) is 10.1. The molecule has 4 heterocycles. The highest BCUT2D eigenvalue weighted by molar-refractivity contribution is 5.89. The quantitative estimate of drug-likeness (QED) is 0.411. The van der Waals surface area contributed by atoms with Crippen LogP contribution >= 0.6 is 0 Å². The van der Waals surface area contributed by atoms with Crippen molar-refractivity contribution in [1.29, 1.82) is 0 Å². The van der Waals surface area contributed by atoms with E-state index in [0.717, 1.165) is 35.0 Å². The van der Waals surface area contributed by atoms with Gasteiger partial charge in [-0.05, 0) is 82.3 Å². The van der Waals surface area contributed by atoms with Crippen LogP contribution in [0.4, 0.5) is 0 Å². The monoisotopic (exact) mass is 444 g/mol. The van der Waals surface area contributed by atoms with Crippen LogP contribution in [0.2, 0.25) is 0 Å². The molecule has 1 aliphatic rings. The summed E-state index contributed by atoms with van der Waals surface area (Å²) in [5, 5.41) is 4.41. The number of pyridine rings is 2. The minimum absolute atomic E-state index is 0.358. The Morgan fingerprint density at radius 3 is 2.58 bits per heavy atom. The van der Waals surface area contributed by atoms with Gasteiger partial charge in [0.25, 0.3) is 0 Å². The lowest BCUT2D eigenvalue weighted by atomic mass is 9.83. The number of aryl methyl sites for hydroxylation is 1. The van der Waals surface area contributed by atoms with Crippen molar-refractivity contribution in [3.63, 3.8) is 0 Å². The molecule has 33 heavy (non-hydrogen) atoms. The van der Waals surface area contributed by atoms with Gasteiger partial charge in [-0.15, -0.1) is 0 Å². The number of nitrogens with zero attached hydrogens (tertiary/aromatic N) is 5. The van der Waals surface area contributed by atoms with Crippen LogP contribution < -0.4 is 0 Å². The molecule has 0 saturated heterocycles. The molecule has 1 saturated carbocycles. The van der Waals surface area contributed by atoms with Gasteiger partial charge in [-0.25, -0.2) is 9.50 Å². The largest absolute Gasteiger partial charge is 0.353 e. The summed E-state index contributed by atoms with van der Waals surface area (Å²) < 4.78 is 1.89. The maximum Gasteiger partial charge on any atom is 0.158 e. The fourth-order valence-electron chi connectivity index (χ4n) is 5.63. The van der Waals surface area contributed by atoms with Gasteiger partial charge in [0.15, 0.2) is 5.65 Å². The summed E-state index contributed by atoms with van der Waals surface area (Å²) in [6.07, 6.45) is 8.71. The van der Waals surface area contributed by atoms with Crippen molar-refractivity contribution in [1.82, 2.24) is 29.5 Å². The highest BCUT2D eigenvalue weighted by Gasteiger charge is 2.27. The number of H-pyrrole nitrogens is 1. The number of fused-ring (bicyclic) bond motifs is 2. The van der Waals surface area contributed by atoms with Crippen LogP contribution in [0.5, 0.6) is 0 Å². The summed E-state index contributed by atoms with van der Waals surface area (Å²) in [6.45, 7) is 12.2. The fraction of sp³-hybridized carbons (Fsp3) is 0.519. The Bertz CT molecular complexity index is 1290. The van der Waals surface area contributed by atoms with Gasteiger partial charge in [0, 0.05) is 35.0 Å². The zero-order valence-corrected chi connectivity index (χ0v) is 20.8. The smallest absolute Gasteiger partial charge is 0.158 e. The molecule has 0 atom stereocenters. The number of rotatable bonds is 5. The van der Waals surface area contributed by atoms with Crippen LogP contribution in [0.1, 0.15) is 80.7 Å². The summed E-state index contributed by atoms with van der Waals surface area (Å²) in [4.78, 5) is 15.9. The van der Waals surface area contributed by atoms with Gasteiger partial charge in [-0.3, -0.25) is 4.98 Å². The SMILES string of the molecule is CCN(C)C1CCC(c2ccc3[nH]c(-c4cn5ncnc5c(C)c4C)c(C(C)C)c3n2)CC1. The van der Waals surface area contributed by atoms with E-state index in [-0.39, 0.29) is 0 Å². The van der Waals surface area contributed by atoms with Crippen LogP contribution in [0.3, 0.4) is 0 Å². The number of hydrogen-bond acceptors (Lipinski definition) is 4. The average molecular weight is 445 g/mol. The minimum Gasteiger partial charge on any atom is -0.353 e. The first-order chi connectivity index (χ1) is 15.9. The molecule has 0 radical (unpaired) electrons. The van der Waals surface area contributed by atoms with E-state index in [1.165, 1.54) is 53.6 Å². The van der Waals surface area contributed by atoms with Crippen LogP contribution in [-0.2, 0) is 0 Å². The first-order valence-corrected chi connectivity index (χ1v) is 12.4. The summed E-state index contributed by atoms with van der Waals surface area (Å²) >= 11 is 0. The normalized spacial score (nSPS) is 19.4. The number of aromatic nitrogens is 5. The molecule has 174 valence electrons. The van der Waals surface area contributed by atoms with E-state index in [0.29, 0.717) is 11.8 Å². The third-order valence-electron chi connectivity index (χ3n) is 7.91. The average Bonchev–Trinajstić information content (AvgIpc) is 3.45. The second-order valence-corrected chi connectivity index (χ2v) is 10.1. The third kappa shape index (κ3) is 3.74. The maximum absolute atomic E-state index is 5.28. The van der Waals surface area contributed by atoms with Gasteiger partial charge < -0.3 is 9.88 Å². The van der Waals surface area contributed by atoms with Gasteiger partial charge in [0.05, 0.1) is 16.7 Å². The minimum atomic E-state index is 0.358. The molecule has 0 aromatic carbocycles. The Balaban J connectivity index is 1.56. The highest BCUT2D eigenvalue weighted by atomic mass is 15.3. The molecule has 1 fully saturated rings. The lowest BCUT2D eigenvalue weighted by molar-refractivity contribution is 0.189. The van der Waals surface area contributed by atoms with Gasteiger partial charge in [-0.1, -0.05) is 20.8 Å². The Hall–Kier alpha value is -2.73. The molecule has 5 rings (SSSR count). The van der Waals surface area contributed by atoms with E-state index < -0.39 is 0 Å². The summed E-state index contributed by atoms with van der Waals surface area (Å²) in [6, 6.07) is 5.21. The molecule has 0 bridgehead atoms. The van der Waals surface area contributed by atoms with E-state index in [2.05, 4.69) is 80.0 Å². The number of nitrogens with one attached hydrogen (secondary N) is 1. The van der Waals surface area contributed by atoms with Crippen molar-refractivity contribution in [2.24, 2.45) is 0 Å². The molecule has 1 aliphatic carbocycles.